The zero-order valence-corrected chi connectivity index (χ0v) is 8.79. The highest BCUT2D eigenvalue weighted by atomic mass is 32.2. The first kappa shape index (κ1) is 12.6. The van der Waals surface area contributed by atoms with Gasteiger partial charge in [0.1, 0.15) is 5.75 Å². The van der Waals surface area contributed by atoms with Gasteiger partial charge >= 0.3 is 0 Å². The number of nitro groups is 1. The van der Waals surface area contributed by atoms with E-state index in [0.717, 1.165) is 24.3 Å². The molecule has 0 aliphatic carbocycles. The second-order valence-corrected chi connectivity index (χ2v) is 5.05. The molecule has 0 aliphatic heterocycles. The van der Waals surface area contributed by atoms with Crippen molar-refractivity contribution < 1.29 is 23.6 Å². The summed E-state index contributed by atoms with van der Waals surface area (Å²) < 4.78 is 22.9. The summed E-state index contributed by atoms with van der Waals surface area (Å²) in [4.78, 5) is 9.47. The molecule has 0 amide bonds. The van der Waals surface area contributed by atoms with Crippen molar-refractivity contribution in [2.75, 3.05) is 5.75 Å². The number of sulfone groups is 1. The number of non-ortho nitro benzene ring substituents is 1. The van der Waals surface area contributed by atoms with Crippen molar-refractivity contribution in [2.45, 2.75) is 11.2 Å². The molecule has 0 spiro atoms. The SMILES string of the molecule is O=[N+]([O-])c1ccc(S(=O)(=O)CC(O)O)cc1. The number of benzene rings is 1. The van der Waals surface area contributed by atoms with E-state index in [1.54, 1.807) is 0 Å². The van der Waals surface area contributed by atoms with Crippen molar-refractivity contribution in [3.05, 3.63) is 34.4 Å². The molecule has 0 radical (unpaired) electrons. The van der Waals surface area contributed by atoms with E-state index in [4.69, 9.17) is 10.2 Å². The van der Waals surface area contributed by atoms with Crippen molar-refractivity contribution in [1.29, 1.82) is 0 Å². The van der Waals surface area contributed by atoms with E-state index in [1.165, 1.54) is 0 Å². The van der Waals surface area contributed by atoms with Crippen LogP contribution in [0.25, 0.3) is 0 Å². The van der Waals surface area contributed by atoms with Gasteiger partial charge in [0.2, 0.25) is 0 Å². The molecule has 2 N–H and O–H groups in total. The fourth-order valence-corrected chi connectivity index (χ4v) is 2.20. The monoisotopic (exact) mass is 247 g/mol. The maximum Gasteiger partial charge on any atom is 0.269 e. The lowest BCUT2D eigenvalue weighted by atomic mass is 10.3. The zero-order chi connectivity index (χ0) is 12.3. The number of nitro benzene ring substituents is 1. The second kappa shape index (κ2) is 4.56. The predicted molar refractivity (Wildman–Crippen MR) is 53.4 cm³/mol. The molecule has 0 aliphatic rings. The number of aliphatic hydroxyl groups excluding tert-OH is 1. The number of aliphatic hydroxyl groups is 2. The maximum absolute atomic E-state index is 11.4. The minimum absolute atomic E-state index is 0.189. The quantitative estimate of drug-likeness (QED) is 0.427. The molecule has 0 unspecified atom stereocenters. The van der Waals surface area contributed by atoms with E-state index in [-0.39, 0.29) is 10.6 Å². The molecule has 0 fully saturated rings. The molecule has 0 aromatic heterocycles. The van der Waals surface area contributed by atoms with E-state index < -0.39 is 26.8 Å². The summed E-state index contributed by atoms with van der Waals surface area (Å²) in [6, 6.07) is 4.18. The number of rotatable bonds is 4. The molecule has 0 saturated carbocycles. The molecular formula is C8H9NO6S. The molecular weight excluding hydrogens is 238 g/mol. The Bertz CT molecular complexity index is 478. The van der Waals surface area contributed by atoms with Crippen LogP contribution >= 0.6 is 0 Å². The zero-order valence-electron chi connectivity index (χ0n) is 7.98. The Kier molecular flexibility index (Phi) is 3.58. The highest BCUT2D eigenvalue weighted by Crippen LogP contribution is 2.17. The van der Waals surface area contributed by atoms with Crippen LogP contribution in [0.15, 0.2) is 29.2 Å². The Hall–Kier alpha value is -1.51. The van der Waals surface area contributed by atoms with E-state index in [1.807, 2.05) is 0 Å². The number of hydrogen-bond acceptors (Lipinski definition) is 6. The summed E-state index contributed by atoms with van der Waals surface area (Å²) in [6.45, 7) is 0. The first-order valence-electron chi connectivity index (χ1n) is 4.16. The van der Waals surface area contributed by atoms with Crippen LogP contribution in [0.2, 0.25) is 0 Å². The highest BCUT2D eigenvalue weighted by Gasteiger charge is 2.19. The Morgan fingerprint density at radius 1 is 1.25 bits per heavy atom. The predicted octanol–water partition coefficient (Wildman–Crippen LogP) is -0.321. The molecule has 7 nitrogen and oxygen atoms in total. The van der Waals surface area contributed by atoms with Gasteiger partial charge in [-0.3, -0.25) is 10.1 Å². The topological polar surface area (TPSA) is 118 Å². The number of nitrogens with zero attached hydrogens (tertiary/aromatic N) is 1. The van der Waals surface area contributed by atoms with E-state index >= 15 is 0 Å². The molecule has 0 bridgehead atoms. The van der Waals surface area contributed by atoms with Crippen molar-refractivity contribution >= 4 is 15.5 Å². The molecule has 1 rings (SSSR count). The van der Waals surface area contributed by atoms with Crippen LogP contribution in [0, 0.1) is 10.1 Å². The lowest BCUT2D eigenvalue weighted by molar-refractivity contribution is -0.384. The molecule has 0 saturated heterocycles. The lowest BCUT2D eigenvalue weighted by Gasteiger charge is -2.05. The van der Waals surface area contributed by atoms with Crippen molar-refractivity contribution in [3.63, 3.8) is 0 Å². The molecule has 0 heterocycles. The highest BCUT2D eigenvalue weighted by molar-refractivity contribution is 7.91. The maximum atomic E-state index is 11.4. The standard InChI is InChI=1S/C8H9NO6S/c10-8(11)5-16(14,15)7-3-1-6(2-4-7)9(12)13/h1-4,8,10-11H,5H2. The summed E-state index contributed by atoms with van der Waals surface area (Å²) >= 11 is 0. The first-order valence-corrected chi connectivity index (χ1v) is 5.81. The van der Waals surface area contributed by atoms with Crippen LogP contribution in [0.4, 0.5) is 5.69 Å². The van der Waals surface area contributed by atoms with Gasteiger partial charge in [-0.2, -0.15) is 0 Å². The van der Waals surface area contributed by atoms with Gasteiger partial charge in [0.05, 0.1) is 9.82 Å². The fourth-order valence-electron chi connectivity index (χ4n) is 1.07. The lowest BCUT2D eigenvalue weighted by Crippen LogP contribution is -2.20. The van der Waals surface area contributed by atoms with Gasteiger partial charge in [0.25, 0.3) is 5.69 Å². The Labute approximate surface area is 91.0 Å². The summed E-state index contributed by atoms with van der Waals surface area (Å²) in [6.07, 6.45) is -1.97. The van der Waals surface area contributed by atoms with Gasteiger partial charge in [-0.05, 0) is 12.1 Å². The summed E-state index contributed by atoms with van der Waals surface area (Å²) in [5, 5.41) is 27.4. The van der Waals surface area contributed by atoms with Gasteiger partial charge in [0.15, 0.2) is 16.1 Å². The Balaban J connectivity index is 3.02. The molecule has 8 heteroatoms. The third kappa shape index (κ3) is 2.99. The fraction of sp³-hybridized carbons (Fsp3) is 0.250. The first-order chi connectivity index (χ1) is 7.33. The number of hydrogen-bond donors (Lipinski definition) is 2. The molecule has 16 heavy (non-hydrogen) atoms. The minimum Gasteiger partial charge on any atom is -0.367 e. The van der Waals surface area contributed by atoms with Crippen molar-refractivity contribution in [1.82, 2.24) is 0 Å². The third-order valence-corrected chi connectivity index (χ3v) is 3.50. The van der Waals surface area contributed by atoms with Gasteiger partial charge in [-0.25, -0.2) is 8.42 Å². The smallest absolute Gasteiger partial charge is 0.269 e. The van der Waals surface area contributed by atoms with Crippen molar-refractivity contribution in [2.24, 2.45) is 0 Å². The molecule has 1 aromatic carbocycles. The van der Waals surface area contributed by atoms with Crippen LogP contribution in [-0.2, 0) is 9.84 Å². The van der Waals surface area contributed by atoms with E-state index in [2.05, 4.69) is 0 Å². The van der Waals surface area contributed by atoms with E-state index in [0.29, 0.717) is 0 Å². The second-order valence-electron chi connectivity index (χ2n) is 3.01. The Morgan fingerprint density at radius 3 is 2.12 bits per heavy atom. The average molecular weight is 247 g/mol. The van der Waals surface area contributed by atoms with Gasteiger partial charge in [-0.1, -0.05) is 0 Å². The van der Waals surface area contributed by atoms with Crippen LogP contribution < -0.4 is 0 Å². The average Bonchev–Trinajstić information content (AvgIpc) is 2.16. The van der Waals surface area contributed by atoms with Crippen LogP contribution in [0.3, 0.4) is 0 Å². The molecule has 88 valence electrons. The van der Waals surface area contributed by atoms with Crippen LogP contribution in [-0.4, -0.2) is 35.6 Å². The normalized spacial score (nSPS) is 11.7. The summed E-state index contributed by atoms with van der Waals surface area (Å²) in [7, 11) is -3.82. The summed E-state index contributed by atoms with van der Waals surface area (Å²) in [5.41, 5.74) is -0.233. The molecule has 0 atom stereocenters. The minimum atomic E-state index is -3.82. The van der Waals surface area contributed by atoms with Crippen molar-refractivity contribution in [3.8, 4) is 0 Å². The van der Waals surface area contributed by atoms with Crippen LogP contribution in [0.5, 0.6) is 0 Å². The van der Waals surface area contributed by atoms with Gasteiger partial charge < -0.3 is 10.2 Å². The Morgan fingerprint density at radius 2 is 1.75 bits per heavy atom. The molecule has 1 aromatic rings. The van der Waals surface area contributed by atoms with E-state index in [9.17, 15) is 18.5 Å². The van der Waals surface area contributed by atoms with Crippen LogP contribution in [0.1, 0.15) is 0 Å². The third-order valence-electron chi connectivity index (χ3n) is 1.78. The van der Waals surface area contributed by atoms with Gasteiger partial charge in [-0.15, -0.1) is 0 Å². The summed E-state index contributed by atoms with van der Waals surface area (Å²) in [5.74, 6) is -0.842. The van der Waals surface area contributed by atoms with Gasteiger partial charge in [0, 0.05) is 12.1 Å². The largest absolute Gasteiger partial charge is 0.367 e.